The maximum atomic E-state index is 12.1. The Morgan fingerprint density at radius 3 is 2.90 bits per heavy atom. The van der Waals surface area contributed by atoms with Crippen molar-refractivity contribution in [2.24, 2.45) is 11.7 Å². The number of benzene rings is 1. The monoisotopic (exact) mass is 308 g/mol. The van der Waals surface area contributed by atoms with Crippen molar-refractivity contribution in [3.05, 3.63) is 30.6 Å². The van der Waals surface area contributed by atoms with Crippen molar-refractivity contribution in [2.45, 2.75) is 25.3 Å². The SMILES string of the molecule is Cl.NC1CCC(C(=O)Nc2cccc(-n3cnnn3)c2)C1. The molecule has 3 N–H and O–H groups in total. The van der Waals surface area contributed by atoms with Gasteiger partial charge in [-0.3, -0.25) is 4.79 Å². The van der Waals surface area contributed by atoms with Crippen molar-refractivity contribution < 1.29 is 4.79 Å². The van der Waals surface area contributed by atoms with Crippen LogP contribution in [0.15, 0.2) is 30.6 Å². The van der Waals surface area contributed by atoms with E-state index in [1.807, 2.05) is 24.3 Å². The second kappa shape index (κ2) is 6.64. The molecular formula is C13H17ClN6O. The molecule has 2 aromatic rings. The van der Waals surface area contributed by atoms with E-state index in [4.69, 9.17) is 5.73 Å². The van der Waals surface area contributed by atoms with E-state index >= 15 is 0 Å². The van der Waals surface area contributed by atoms with E-state index in [0.29, 0.717) is 0 Å². The average molecular weight is 309 g/mol. The molecule has 0 saturated heterocycles. The fraction of sp³-hybridized carbons (Fsp3) is 0.385. The van der Waals surface area contributed by atoms with Gasteiger partial charge in [-0.05, 0) is 47.9 Å². The Labute approximate surface area is 128 Å². The first-order valence-electron chi connectivity index (χ1n) is 6.62. The summed E-state index contributed by atoms with van der Waals surface area (Å²) < 4.78 is 1.54. The number of nitrogens with zero attached hydrogens (tertiary/aromatic N) is 4. The zero-order valence-corrected chi connectivity index (χ0v) is 12.2. The first-order chi connectivity index (χ1) is 9.72. The van der Waals surface area contributed by atoms with Crippen LogP contribution in [0, 0.1) is 5.92 Å². The molecule has 1 amide bonds. The number of carbonyl (C=O) groups excluding carboxylic acids is 1. The van der Waals surface area contributed by atoms with Crippen molar-refractivity contribution in [3.8, 4) is 5.69 Å². The first-order valence-corrected chi connectivity index (χ1v) is 6.62. The van der Waals surface area contributed by atoms with E-state index in [1.165, 1.54) is 6.33 Å². The minimum Gasteiger partial charge on any atom is -0.328 e. The second-order valence-electron chi connectivity index (χ2n) is 5.06. The van der Waals surface area contributed by atoms with Gasteiger partial charge in [0.2, 0.25) is 5.91 Å². The average Bonchev–Trinajstić information content (AvgIpc) is 3.10. The van der Waals surface area contributed by atoms with Gasteiger partial charge in [-0.1, -0.05) is 6.07 Å². The lowest BCUT2D eigenvalue weighted by molar-refractivity contribution is -0.119. The van der Waals surface area contributed by atoms with Gasteiger partial charge in [0.25, 0.3) is 0 Å². The summed E-state index contributed by atoms with van der Waals surface area (Å²) in [6.07, 6.45) is 4.05. The molecule has 1 aromatic carbocycles. The lowest BCUT2D eigenvalue weighted by Gasteiger charge is -2.11. The van der Waals surface area contributed by atoms with Crippen LogP contribution in [0.5, 0.6) is 0 Å². The molecule has 2 unspecified atom stereocenters. The standard InChI is InChI=1S/C13H16N6O.ClH/c14-10-5-4-9(6-10)13(20)16-11-2-1-3-12(7-11)19-8-15-17-18-19;/h1-3,7-10H,4-6,14H2,(H,16,20);1H. The second-order valence-corrected chi connectivity index (χ2v) is 5.06. The number of carbonyl (C=O) groups is 1. The summed E-state index contributed by atoms with van der Waals surface area (Å²) in [5.74, 6) is 0.0495. The molecule has 112 valence electrons. The van der Waals surface area contributed by atoms with Crippen LogP contribution in [0.3, 0.4) is 0 Å². The largest absolute Gasteiger partial charge is 0.328 e. The minimum atomic E-state index is 0. The van der Waals surface area contributed by atoms with E-state index in [1.54, 1.807) is 4.68 Å². The molecule has 21 heavy (non-hydrogen) atoms. The van der Waals surface area contributed by atoms with Crippen LogP contribution < -0.4 is 11.1 Å². The van der Waals surface area contributed by atoms with Gasteiger partial charge in [0.1, 0.15) is 6.33 Å². The third-order valence-corrected chi connectivity index (χ3v) is 3.57. The van der Waals surface area contributed by atoms with E-state index < -0.39 is 0 Å². The zero-order chi connectivity index (χ0) is 13.9. The van der Waals surface area contributed by atoms with Gasteiger partial charge < -0.3 is 11.1 Å². The molecule has 0 bridgehead atoms. The molecule has 1 aliphatic rings. The van der Waals surface area contributed by atoms with Crippen LogP contribution in [-0.4, -0.2) is 32.2 Å². The Morgan fingerprint density at radius 1 is 1.38 bits per heavy atom. The molecule has 3 rings (SSSR count). The molecule has 0 aliphatic heterocycles. The van der Waals surface area contributed by atoms with Gasteiger partial charge in [-0.25, -0.2) is 4.68 Å². The lowest BCUT2D eigenvalue weighted by atomic mass is 10.1. The number of hydrogen-bond donors (Lipinski definition) is 2. The van der Waals surface area contributed by atoms with Crippen molar-refractivity contribution in [1.82, 2.24) is 20.2 Å². The number of hydrogen-bond acceptors (Lipinski definition) is 5. The quantitative estimate of drug-likeness (QED) is 0.886. The number of anilines is 1. The summed E-state index contributed by atoms with van der Waals surface area (Å²) in [5, 5.41) is 13.9. The summed E-state index contributed by atoms with van der Waals surface area (Å²) in [5.41, 5.74) is 7.38. The number of amides is 1. The van der Waals surface area contributed by atoms with Gasteiger partial charge in [0.05, 0.1) is 5.69 Å². The molecule has 1 saturated carbocycles. The molecule has 1 aliphatic carbocycles. The van der Waals surface area contributed by atoms with Crippen molar-refractivity contribution in [1.29, 1.82) is 0 Å². The van der Waals surface area contributed by atoms with Gasteiger partial charge in [-0.2, -0.15) is 0 Å². The summed E-state index contributed by atoms with van der Waals surface area (Å²) in [7, 11) is 0. The molecule has 7 nitrogen and oxygen atoms in total. The Balaban J connectivity index is 0.00000161. The summed E-state index contributed by atoms with van der Waals surface area (Å²) >= 11 is 0. The van der Waals surface area contributed by atoms with Crippen LogP contribution in [-0.2, 0) is 4.79 Å². The highest BCUT2D eigenvalue weighted by molar-refractivity contribution is 5.93. The molecule has 2 atom stereocenters. The number of aromatic nitrogens is 4. The Bertz CT molecular complexity index is 602. The summed E-state index contributed by atoms with van der Waals surface area (Å²) in [6, 6.07) is 7.56. The molecule has 1 heterocycles. The normalized spacial score (nSPS) is 20.8. The molecule has 0 spiro atoms. The minimum absolute atomic E-state index is 0. The van der Waals surface area contributed by atoms with Gasteiger partial charge in [0.15, 0.2) is 0 Å². The summed E-state index contributed by atoms with van der Waals surface area (Å²) in [6.45, 7) is 0. The molecule has 8 heteroatoms. The van der Waals surface area contributed by atoms with Crippen LogP contribution in [0.4, 0.5) is 5.69 Å². The number of halogens is 1. The smallest absolute Gasteiger partial charge is 0.227 e. The third-order valence-electron chi connectivity index (χ3n) is 3.57. The topological polar surface area (TPSA) is 98.7 Å². The fourth-order valence-electron chi connectivity index (χ4n) is 2.50. The number of nitrogens with one attached hydrogen (secondary N) is 1. The number of rotatable bonds is 3. The van der Waals surface area contributed by atoms with Crippen molar-refractivity contribution in [3.63, 3.8) is 0 Å². The highest BCUT2D eigenvalue weighted by Gasteiger charge is 2.27. The van der Waals surface area contributed by atoms with Crippen LogP contribution >= 0.6 is 12.4 Å². The van der Waals surface area contributed by atoms with Crippen LogP contribution in [0.25, 0.3) is 5.69 Å². The third kappa shape index (κ3) is 3.56. The van der Waals surface area contributed by atoms with Crippen LogP contribution in [0.2, 0.25) is 0 Å². The van der Waals surface area contributed by atoms with Gasteiger partial charge in [0, 0.05) is 17.6 Å². The Hall–Kier alpha value is -1.99. The molecule has 1 fully saturated rings. The number of nitrogens with two attached hydrogens (primary N) is 1. The first kappa shape index (κ1) is 15.4. The van der Waals surface area contributed by atoms with Gasteiger partial charge >= 0.3 is 0 Å². The number of tetrazole rings is 1. The zero-order valence-electron chi connectivity index (χ0n) is 11.3. The molecule has 0 radical (unpaired) electrons. The van der Waals surface area contributed by atoms with E-state index in [2.05, 4.69) is 20.8 Å². The van der Waals surface area contributed by atoms with E-state index in [-0.39, 0.29) is 30.3 Å². The molecule has 1 aromatic heterocycles. The molecular weight excluding hydrogens is 292 g/mol. The fourth-order valence-corrected chi connectivity index (χ4v) is 2.50. The van der Waals surface area contributed by atoms with Crippen molar-refractivity contribution >= 4 is 24.0 Å². The maximum absolute atomic E-state index is 12.1. The van der Waals surface area contributed by atoms with Crippen LogP contribution in [0.1, 0.15) is 19.3 Å². The van der Waals surface area contributed by atoms with Crippen molar-refractivity contribution in [2.75, 3.05) is 5.32 Å². The Morgan fingerprint density at radius 2 is 2.24 bits per heavy atom. The highest BCUT2D eigenvalue weighted by atomic mass is 35.5. The Kier molecular flexibility index (Phi) is 4.87. The van der Waals surface area contributed by atoms with E-state index in [0.717, 1.165) is 30.6 Å². The lowest BCUT2D eigenvalue weighted by Crippen LogP contribution is -2.23. The summed E-state index contributed by atoms with van der Waals surface area (Å²) in [4.78, 5) is 12.1. The predicted molar refractivity (Wildman–Crippen MR) is 80.3 cm³/mol. The van der Waals surface area contributed by atoms with E-state index in [9.17, 15) is 4.79 Å². The predicted octanol–water partition coefficient (Wildman–Crippen LogP) is 1.15. The van der Waals surface area contributed by atoms with Gasteiger partial charge in [-0.15, -0.1) is 17.5 Å². The highest BCUT2D eigenvalue weighted by Crippen LogP contribution is 2.25. The maximum Gasteiger partial charge on any atom is 0.227 e.